The van der Waals surface area contributed by atoms with Crippen LogP contribution in [-0.4, -0.2) is 27.5 Å². The second kappa shape index (κ2) is 9.21. The van der Waals surface area contributed by atoms with Gasteiger partial charge in [0.25, 0.3) is 0 Å². The van der Waals surface area contributed by atoms with Crippen molar-refractivity contribution in [2.45, 2.75) is 13.5 Å². The van der Waals surface area contributed by atoms with Crippen LogP contribution in [0.3, 0.4) is 0 Å². The van der Waals surface area contributed by atoms with Gasteiger partial charge in [0.2, 0.25) is 12.2 Å². The van der Waals surface area contributed by atoms with Gasteiger partial charge in [0.15, 0.2) is 11.9 Å². The van der Waals surface area contributed by atoms with Crippen molar-refractivity contribution < 1.29 is 26.5 Å². The van der Waals surface area contributed by atoms with Crippen LogP contribution < -0.4 is 17.0 Å². The Kier molecular flexibility index (Phi) is 6.46. The van der Waals surface area contributed by atoms with Gasteiger partial charge in [0.05, 0.1) is 23.3 Å². The fraction of sp³-hybridized carbons (Fsp3) is 0.136. The summed E-state index contributed by atoms with van der Waals surface area (Å²) in [4.78, 5) is 26.2. The molecule has 0 aliphatic rings. The summed E-state index contributed by atoms with van der Waals surface area (Å²) in [6.45, 7) is 2.24. The van der Waals surface area contributed by atoms with E-state index < -0.39 is 0 Å². The lowest BCUT2D eigenvalue weighted by molar-refractivity contribution is -0.675. The summed E-state index contributed by atoms with van der Waals surface area (Å²) in [5.41, 5.74) is 4.41. The number of rotatable bonds is 5. The average molecular weight is 407 g/mol. The molecule has 1 aromatic carbocycles. The number of hydrogen-bond donors (Lipinski definition) is 0. The second-order valence-corrected chi connectivity index (χ2v) is 6.14. The number of nitrogens with zero attached hydrogens (tertiary/aromatic N) is 4. The Morgan fingerprint density at radius 3 is 2.31 bits per heavy atom. The Bertz CT molecular complexity index is 1140. The third-order valence-electron chi connectivity index (χ3n) is 4.27. The number of fused-ring (bicyclic) bond motifs is 1. The standard InChI is InChI=1S/C22H19N4O2.ClH/c1-2-28-20(27)15-26-14-8-6-12-19(26)22-21(18-11-5-7-13-23-18)24-16-9-3-4-10-17(16)25-22;/h3-14H,2,15H2,1H3;1H/q+1;/p-1. The number of halogens is 1. The minimum atomic E-state index is -0.298. The quantitative estimate of drug-likeness (QED) is 0.350. The minimum absolute atomic E-state index is 0. The number of para-hydroxylation sites is 2. The maximum absolute atomic E-state index is 12.1. The van der Waals surface area contributed by atoms with Crippen molar-refractivity contribution in [3.05, 3.63) is 73.1 Å². The lowest BCUT2D eigenvalue weighted by Crippen LogP contribution is -3.00. The summed E-state index contributed by atoms with van der Waals surface area (Å²) in [7, 11) is 0. The molecule has 0 saturated carbocycles. The summed E-state index contributed by atoms with van der Waals surface area (Å²) in [6.07, 6.45) is 3.57. The molecule has 7 heteroatoms. The van der Waals surface area contributed by atoms with Crippen LogP contribution in [0, 0.1) is 0 Å². The number of carbonyl (C=O) groups is 1. The zero-order valence-corrected chi connectivity index (χ0v) is 16.6. The Balaban J connectivity index is 0.00000240. The van der Waals surface area contributed by atoms with Crippen LogP contribution in [0.25, 0.3) is 33.8 Å². The molecule has 0 radical (unpaired) electrons. The molecule has 146 valence electrons. The zero-order chi connectivity index (χ0) is 19.3. The molecule has 0 fully saturated rings. The van der Waals surface area contributed by atoms with Gasteiger partial charge in [-0.1, -0.05) is 18.2 Å². The van der Waals surface area contributed by atoms with E-state index in [1.165, 1.54) is 0 Å². The molecule has 0 unspecified atom stereocenters. The molecule has 0 saturated heterocycles. The van der Waals surface area contributed by atoms with Crippen LogP contribution in [0.4, 0.5) is 0 Å². The smallest absolute Gasteiger partial charge is 0.372 e. The first-order valence-electron chi connectivity index (χ1n) is 9.09. The lowest BCUT2D eigenvalue weighted by atomic mass is 10.1. The number of aromatic nitrogens is 4. The molecule has 4 rings (SSSR count). The van der Waals surface area contributed by atoms with E-state index in [2.05, 4.69) is 4.98 Å². The molecule has 0 atom stereocenters. The molecule has 29 heavy (non-hydrogen) atoms. The minimum Gasteiger partial charge on any atom is -1.00 e. The largest absolute Gasteiger partial charge is 1.00 e. The molecular formula is C22H19ClN4O2. The summed E-state index contributed by atoms with van der Waals surface area (Å²) in [5.74, 6) is -0.298. The average Bonchev–Trinajstić information content (AvgIpc) is 2.74. The summed E-state index contributed by atoms with van der Waals surface area (Å²) in [5, 5.41) is 0. The zero-order valence-electron chi connectivity index (χ0n) is 15.8. The van der Waals surface area contributed by atoms with Crippen molar-refractivity contribution in [1.82, 2.24) is 15.0 Å². The van der Waals surface area contributed by atoms with E-state index in [-0.39, 0.29) is 24.9 Å². The number of carbonyl (C=O) groups excluding carboxylic acids is 1. The molecule has 0 spiro atoms. The van der Waals surface area contributed by atoms with Gasteiger partial charge < -0.3 is 17.1 Å². The first-order chi connectivity index (χ1) is 13.8. The van der Waals surface area contributed by atoms with Crippen LogP contribution >= 0.6 is 0 Å². The molecule has 3 aromatic heterocycles. The first kappa shape index (κ1) is 20.4. The maximum atomic E-state index is 12.1. The molecule has 6 nitrogen and oxygen atoms in total. The van der Waals surface area contributed by atoms with Gasteiger partial charge in [-0.3, -0.25) is 4.98 Å². The predicted octanol–water partition coefficient (Wildman–Crippen LogP) is 0.213. The van der Waals surface area contributed by atoms with Crippen LogP contribution in [0.2, 0.25) is 0 Å². The van der Waals surface area contributed by atoms with Gasteiger partial charge >= 0.3 is 5.97 Å². The molecule has 0 N–H and O–H groups in total. The number of esters is 1. The van der Waals surface area contributed by atoms with Crippen LogP contribution in [-0.2, 0) is 16.1 Å². The van der Waals surface area contributed by atoms with E-state index in [1.54, 1.807) is 13.1 Å². The van der Waals surface area contributed by atoms with Gasteiger partial charge in [-0.05, 0) is 37.3 Å². The summed E-state index contributed by atoms with van der Waals surface area (Å²) in [6, 6.07) is 19.1. The van der Waals surface area contributed by atoms with E-state index in [0.29, 0.717) is 18.0 Å². The number of hydrogen-bond acceptors (Lipinski definition) is 5. The van der Waals surface area contributed by atoms with Crippen LogP contribution in [0.1, 0.15) is 6.92 Å². The fourth-order valence-corrected chi connectivity index (χ4v) is 3.03. The molecule has 0 aliphatic carbocycles. The third-order valence-corrected chi connectivity index (χ3v) is 4.27. The maximum Gasteiger partial charge on any atom is 0.372 e. The van der Waals surface area contributed by atoms with E-state index in [4.69, 9.17) is 14.7 Å². The van der Waals surface area contributed by atoms with Crippen LogP contribution in [0.15, 0.2) is 73.1 Å². The van der Waals surface area contributed by atoms with Crippen molar-refractivity contribution in [1.29, 1.82) is 0 Å². The van der Waals surface area contributed by atoms with Gasteiger partial charge in [-0.15, -0.1) is 0 Å². The number of benzene rings is 1. The van der Waals surface area contributed by atoms with Crippen molar-refractivity contribution in [2.75, 3.05) is 6.61 Å². The highest BCUT2D eigenvalue weighted by Gasteiger charge is 2.23. The Morgan fingerprint density at radius 2 is 1.62 bits per heavy atom. The van der Waals surface area contributed by atoms with Crippen molar-refractivity contribution in [3.8, 4) is 22.8 Å². The highest BCUT2D eigenvalue weighted by atomic mass is 35.5. The Labute approximate surface area is 174 Å². The van der Waals surface area contributed by atoms with E-state index in [0.717, 1.165) is 22.4 Å². The Morgan fingerprint density at radius 1 is 0.931 bits per heavy atom. The number of ether oxygens (including phenoxy) is 1. The van der Waals surface area contributed by atoms with E-state index >= 15 is 0 Å². The van der Waals surface area contributed by atoms with Crippen molar-refractivity contribution in [3.63, 3.8) is 0 Å². The fourth-order valence-electron chi connectivity index (χ4n) is 3.03. The first-order valence-corrected chi connectivity index (χ1v) is 9.09. The van der Waals surface area contributed by atoms with Crippen molar-refractivity contribution >= 4 is 17.0 Å². The van der Waals surface area contributed by atoms with Gasteiger partial charge in [-0.25, -0.2) is 14.8 Å². The SMILES string of the molecule is CCOC(=O)C[n+]1ccccc1-c1nc2ccccc2nc1-c1ccccn1.[Cl-]. The van der Waals surface area contributed by atoms with Gasteiger partial charge in [0, 0.05) is 18.3 Å². The number of pyridine rings is 2. The van der Waals surface area contributed by atoms with Gasteiger partial charge in [-0.2, -0.15) is 4.57 Å². The highest BCUT2D eigenvalue weighted by molar-refractivity contribution is 5.83. The lowest BCUT2D eigenvalue weighted by Gasteiger charge is -2.09. The molecule has 3 heterocycles. The van der Waals surface area contributed by atoms with Crippen LogP contribution in [0.5, 0.6) is 0 Å². The monoisotopic (exact) mass is 406 g/mol. The van der Waals surface area contributed by atoms with Crippen molar-refractivity contribution in [2.24, 2.45) is 0 Å². The topological polar surface area (TPSA) is 68.8 Å². The molecule has 0 aliphatic heterocycles. The molecule has 4 aromatic rings. The third kappa shape index (κ3) is 4.38. The molecule has 0 bridgehead atoms. The summed E-state index contributed by atoms with van der Waals surface area (Å²) < 4.78 is 6.94. The van der Waals surface area contributed by atoms with E-state index in [9.17, 15) is 4.79 Å². The Hall–Kier alpha value is -3.38. The second-order valence-electron chi connectivity index (χ2n) is 6.14. The highest BCUT2D eigenvalue weighted by Crippen LogP contribution is 2.28. The normalized spacial score (nSPS) is 10.4. The predicted molar refractivity (Wildman–Crippen MR) is 105 cm³/mol. The molecule has 0 amide bonds. The van der Waals surface area contributed by atoms with E-state index in [1.807, 2.05) is 71.4 Å². The van der Waals surface area contributed by atoms with Gasteiger partial charge in [0.1, 0.15) is 5.69 Å². The summed E-state index contributed by atoms with van der Waals surface area (Å²) >= 11 is 0. The molecular weight excluding hydrogens is 388 g/mol.